The SMILES string of the molecule is CNC(CCO)(CCO)CCOCCCCCCCC(C)C.Cl. The van der Waals surface area contributed by atoms with E-state index in [0.717, 1.165) is 25.4 Å². The van der Waals surface area contributed by atoms with Crippen LogP contribution in [0.2, 0.25) is 0 Å². The molecule has 0 heterocycles. The Bertz CT molecular complexity index is 234. The molecule has 0 radical (unpaired) electrons. The van der Waals surface area contributed by atoms with Gasteiger partial charge in [0.2, 0.25) is 0 Å². The van der Waals surface area contributed by atoms with Gasteiger partial charge in [-0.25, -0.2) is 0 Å². The highest BCUT2D eigenvalue weighted by Gasteiger charge is 2.26. The molecule has 0 rings (SSSR count). The van der Waals surface area contributed by atoms with Gasteiger partial charge in [0, 0.05) is 32.0 Å². The third kappa shape index (κ3) is 14.2. The fourth-order valence-corrected chi connectivity index (χ4v) is 2.83. The zero-order valence-corrected chi connectivity index (χ0v) is 16.3. The highest BCUT2D eigenvalue weighted by molar-refractivity contribution is 5.85. The Kier molecular flexibility index (Phi) is 18.7. The van der Waals surface area contributed by atoms with E-state index in [0.29, 0.717) is 19.4 Å². The number of nitrogens with one attached hydrogen (secondary N) is 1. The maximum Gasteiger partial charge on any atom is 0.0483 e. The van der Waals surface area contributed by atoms with E-state index in [1.54, 1.807) is 0 Å². The zero-order chi connectivity index (χ0) is 16.7. The molecule has 0 atom stereocenters. The average Bonchev–Trinajstić information content (AvgIpc) is 2.49. The second kappa shape index (κ2) is 17.0. The molecule has 142 valence electrons. The standard InChI is InChI=1S/C18H39NO3.ClH/c1-17(2)9-7-5-4-6-8-15-22-16-12-18(19-3,10-13-20)11-14-21;/h17,19-21H,4-16H2,1-3H3;1H. The summed E-state index contributed by atoms with van der Waals surface area (Å²) in [6.45, 7) is 6.35. The Morgan fingerprint density at radius 3 is 1.96 bits per heavy atom. The minimum atomic E-state index is -0.194. The van der Waals surface area contributed by atoms with E-state index in [1.807, 2.05) is 7.05 Å². The Morgan fingerprint density at radius 2 is 1.43 bits per heavy atom. The van der Waals surface area contributed by atoms with Crippen LogP contribution in [0.15, 0.2) is 0 Å². The maximum absolute atomic E-state index is 9.17. The third-order valence-corrected chi connectivity index (χ3v) is 4.51. The van der Waals surface area contributed by atoms with E-state index < -0.39 is 0 Å². The number of hydrogen-bond acceptors (Lipinski definition) is 4. The van der Waals surface area contributed by atoms with E-state index in [1.165, 1.54) is 32.1 Å². The molecule has 0 aromatic heterocycles. The quantitative estimate of drug-likeness (QED) is 0.371. The largest absolute Gasteiger partial charge is 0.396 e. The second-order valence-corrected chi connectivity index (χ2v) is 6.79. The van der Waals surface area contributed by atoms with Gasteiger partial charge in [-0.2, -0.15) is 0 Å². The molecule has 0 bridgehead atoms. The number of unbranched alkanes of at least 4 members (excludes halogenated alkanes) is 4. The number of aliphatic hydroxyl groups excluding tert-OH is 2. The average molecular weight is 354 g/mol. The summed E-state index contributed by atoms with van der Waals surface area (Å²) in [5, 5.41) is 21.6. The molecule has 5 heteroatoms. The molecular weight excluding hydrogens is 314 g/mol. The summed E-state index contributed by atoms with van der Waals surface area (Å²) in [7, 11) is 1.89. The molecule has 23 heavy (non-hydrogen) atoms. The van der Waals surface area contributed by atoms with Crippen LogP contribution in [-0.2, 0) is 4.74 Å². The van der Waals surface area contributed by atoms with Gasteiger partial charge < -0.3 is 20.3 Å². The first-order valence-corrected chi connectivity index (χ1v) is 9.08. The number of ether oxygens (including phenoxy) is 1. The molecule has 3 N–H and O–H groups in total. The Balaban J connectivity index is 0. The van der Waals surface area contributed by atoms with Crippen LogP contribution >= 0.6 is 12.4 Å². The molecule has 0 amide bonds. The lowest BCUT2D eigenvalue weighted by Crippen LogP contribution is -2.45. The summed E-state index contributed by atoms with van der Waals surface area (Å²) in [5.41, 5.74) is -0.194. The number of rotatable bonds is 16. The monoisotopic (exact) mass is 353 g/mol. The van der Waals surface area contributed by atoms with Gasteiger partial charge in [0.05, 0.1) is 0 Å². The van der Waals surface area contributed by atoms with Crippen LogP contribution in [0, 0.1) is 5.92 Å². The van der Waals surface area contributed by atoms with Gasteiger partial charge in [0.25, 0.3) is 0 Å². The lowest BCUT2D eigenvalue weighted by Gasteiger charge is -2.32. The van der Waals surface area contributed by atoms with Gasteiger partial charge in [-0.05, 0) is 38.6 Å². The second-order valence-electron chi connectivity index (χ2n) is 6.79. The van der Waals surface area contributed by atoms with E-state index >= 15 is 0 Å². The first-order chi connectivity index (χ1) is 10.6. The third-order valence-electron chi connectivity index (χ3n) is 4.51. The number of aliphatic hydroxyl groups is 2. The van der Waals surface area contributed by atoms with Gasteiger partial charge >= 0.3 is 0 Å². The summed E-state index contributed by atoms with van der Waals surface area (Å²) in [4.78, 5) is 0. The molecule has 0 aromatic rings. The molecule has 0 saturated carbocycles. The van der Waals surface area contributed by atoms with Gasteiger partial charge in [0.1, 0.15) is 0 Å². The predicted molar refractivity (Wildman–Crippen MR) is 100 cm³/mol. The number of hydrogen-bond donors (Lipinski definition) is 3. The highest BCUT2D eigenvalue weighted by Crippen LogP contribution is 2.19. The molecule has 0 aromatic carbocycles. The smallest absolute Gasteiger partial charge is 0.0483 e. The molecule has 0 saturated heterocycles. The van der Waals surface area contributed by atoms with Crippen molar-refractivity contribution in [3.05, 3.63) is 0 Å². The van der Waals surface area contributed by atoms with Crippen LogP contribution in [0.25, 0.3) is 0 Å². The van der Waals surface area contributed by atoms with E-state index in [4.69, 9.17) is 4.74 Å². The maximum atomic E-state index is 9.17. The van der Waals surface area contributed by atoms with Crippen molar-refractivity contribution in [3.63, 3.8) is 0 Å². The normalized spacial score (nSPS) is 11.7. The van der Waals surface area contributed by atoms with Crippen LogP contribution in [0.3, 0.4) is 0 Å². The highest BCUT2D eigenvalue weighted by atomic mass is 35.5. The minimum Gasteiger partial charge on any atom is -0.396 e. The fraction of sp³-hybridized carbons (Fsp3) is 1.00. The summed E-state index contributed by atoms with van der Waals surface area (Å²) < 4.78 is 5.73. The summed E-state index contributed by atoms with van der Waals surface area (Å²) >= 11 is 0. The first-order valence-electron chi connectivity index (χ1n) is 9.08. The van der Waals surface area contributed by atoms with Crippen molar-refractivity contribution < 1.29 is 14.9 Å². The van der Waals surface area contributed by atoms with Crippen molar-refractivity contribution in [1.82, 2.24) is 5.32 Å². The van der Waals surface area contributed by atoms with Crippen LogP contribution < -0.4 is 5.32 Å². The molecule has 0 aliphatic heterocycles. The van der Waals surface area contributed by atoms with E-state index in [2.05, 4.69) is 19.2 Å². The molecule has 0 aliphatic carbocycles. The van der Waals surface area contributed by atoms with Crippen molar-refractivity contribution in [2.75, 3.05) is 33.5 Å². The molecule has 0 fully saturated rings. The minimum absolute atomic E-state index is 0. The Hall–Kier alpha value is 0.130. The summed E-state index contributed by atoms with van der Waals surface area (Å²) in [6, 6.07) is 0. The lowest BCUT2D eigenvalue weighted by atomic mass is 9.88. The van der Waals surface area contributed by atoms with E-state index in [-0.39, 0.29) is 31.2 Å². The van der Waals surface area contributed by atoms with Crippen molar-refractivity contribution in [2.45, 2.75) is 77.2 Å². The fourth-order valence-electron chi connectivity index (χ4n) is 2.83. The summed E-state index contributed by atoms with van der Waals surface area (Å²) in [6.07, 6.45) is 9.88. The van der Waals surface area contributed by atoms with Crippen molar-refractivity contribution in [1.29, 1.82) is 0 Å². The van der Waals surface area contributed by atoms with Gasteiger partial charge in [0.15, 0.2) is 0 Å². The number of halogens is 1. The van der Waals surface area contributed by atoms with Crippen LogP contribution in [-0.4, -0.2) is 49.2 Å². The molecule has 4 nitrogen and oxygen atoms in total. The molecule has 0 aliphatic rings. The molecular formula is C18H40ClNO3. The Morgan fingerprint density at radius 1 is 0.870 bits per heavy atom. The summed E-state index contributed by atoms with van der Waals surface area (Å²) in [5.74, 6) is 0.827. The van der Waals surface area contributed by atoms with Gasteiger partial charge in [-0.15, -0.1) is 12.4 Å². The van der Waals surface area contributed by atoms with Crippen LogP contribution in [0.1, 0.15) is 71.6 Å². The Labute approximate surface area is 149 Å². The van der Waals surface area contributed by atoms with Crippen molar-refractivity contribution in [3.8, 4) is 0 Å². The van der Waals surface area contributed by atoms with E-state index in [9.17, 15) is 10.2 Å². The predicted octanol–water partition coefficient (Wildman–Crippen LogP) is 3.53. The molecule has 0 spiro atoms. The van der Waals surface area contributed by atoms with Crippen molar-refractivity contribution >= 4 is 12.4 Å². The van der Waals surface area contributed by atoms with Crippen LogP contribution in [0.4, 0.5) is 0 Å². The van der Waals surface area contributed by atoms with Gasteiger partial charge in [-0.1, -0.05) is 46.0 Å². The molecule has 0 unspecified atom stereocenters. The van der Waals surface area contributed by atoms with Crippen molar-refractivity contribution in [2.24, 2.45) is 5.92 Å². The van der Waals surface area contributed by atoms with Crippen LogP contribution in [0.5, 0.6) is 0 Å². The van der Waals surface area contributed by atoms with Gasteiger partial charge in [-0.3, -0.25) is 0 Å². The first kappa shape index (κ1) is 25.4. The topological polar surface area (TPSA) is 61.7 Å². The zero-order valence-electron chi connectivity index (χ0n) is 15.5. The lowest BCUT2D eigenvalue weighted by molar-refractivity contribution is 0.0850.